The zero-order valence-electron chi connectivity index (χ0n) is 10.6. The quantitative estimate of drug-likeness (QED) is 0.828. The number of benzene rings is 1. The SMILES string of the molecule is COc1ccc(Cc2nc(=S)nc(N)[nH]2)cc1OC. The molecule has 0 saturated heterocycles. The lowest BCUT2D eigenvalue weighted by Crippen LogP contribution is -2.04. The molecule has 0 atom stereocenters. The van der Waals surface area contributed by atoms with E-state index in [1.54, 1.807) is 14.2 Å². The van der Waals surface area contributed by atoms with E-state index in [0.29, 0.717) is 23.7 Å². The van der Waals surface area contributed by atoms with Crippen molar-refractivity contribution in [2.24, 2.45) is 0 Å². The van der Waals surface area contributed by atoms with E-state index in [2.05, 4.69) is 15.0 Å². The second-order valence-corrected chi connectivity index (χ2v) is 4.19. The number of nitrogens with zero attached hydrogens (tertiary/aromatic N) is 2. The zero-order valence-corrected chi connectivity index (χ0v) is 11.5. The van der Waals surface area contributed by atoms with Crippen LogP contribution in [0.1, 0.15) is 11.4 Å². The third-order valence-electron chi connectivity index (χ3n) is 2.54. The lowest BCUT2D eigenvalue weighted by atomic mass is 10.1. The van der Waals surface area contributed by atoms with Crippen LogP contribution in [0.4, 0.5) is 5.95 Å². The Labute approximate surface area is 115 Å². The third-order valence-corrected chi connectivity index (χ3v) is 2.72. The Balaban J connectivity index is 2.30. The maximum Gasteiger partial charge on any atom is 0.224 e. The third kappa shape index (κ3) is 3.19. The van der Waals surface area contributed by atoms with Gasteiger partial charge in [0.1, 0.15) is 5.82 Å². The van der Waals surface area contributed by atoms with E-state index in [0.717, 1.165) is 5.56 Å². The summed E-state index contributed by atoms with van der Waals surface area (Å²) in [4.78, 5) is 10.8. The van der Waals surface area contributed by atoms with Crippen molar-refractivity contribution in [1.82, 2.24) is 15.0 Å². The van der Waals surface area contributed by atoms with Gasteiger partial charge in [-0.3, -0.25) is 0 Å². The average Bonchev–Trinajstić information content (AvgIpc) is 2.37. The molecule has 0 saturated carbocycles. The van der Waals surface area contributed by atoms with Crippen LogP contribution in [-0.2, 0) is 6.42 Å². The molecule has 0 radical (unpaired) electrons. The highest BCUT2D eigenvalue weighted by molar-refractivity contribution is 7.71. The lowest BCUT2D eigenvalue weighted by molar-refractivity contribution is 0.354. The van der Waals surface area contributed by atoms with Crippen molar-refractivity contribution in [1.29, 1.82) is 0 Å². The highest BCUT2D eigenvalue weighted by Crippen LogP contribution is 2.28. The molecule has 3 N–H and O–H groups in total. The number of nitrogens with one attached hydrogen (secondary N) is 1. The van der Waals surface area contributed by atoms with Crippen LogP contribution in [-0.4, -0.2) is 29.2 Å². The van der Waals surface area contributed by atoms with Gasteiger partial charge in [-0.05, 0) is 29.9 Å². The minimum atomic E-state index is 0.228. The van der Waals surface area contributed by atoms with Crippen molar-refractivity contribution >= 4 is 18.2 Å². The molecule has 0 aliphatic heterocycles. The molecule has 7 heteroatoms. The Morgan fingerprint density at radius 1 is 1.21 bits per heavy atom. The van der Waals surface area contributed by atoms with Gasteiger partial charge < -0.3 is 20.2 Å². The van der Waals surface area contributed by atoms with Gasteiger partial charge in [0.25, 0.3) is 0 Å². The maximum absolute atomic E-state index is 5.60. The number of rotatable bonds is 4. The first-order chi connectivity index (χ1) is 9.12. The first-order valence-corrected chi connectivity index (χ1v) is 5.97. The van der Waals surface area contributed by atoms with Gasteiger partial charge in [0.15, 0.2) is 11.5 Å². The molecule has 1 aromatic carbocycles. The maximum atomic E-state index is 5.60. The summed E-state index contributed by atoms with van der Waals surface area (Å²) in [6.45, 7) is 0. The molecule has 1 aromatic heterocycles. The molecular weight excluding hydrogens is 264 g/mol. The van der Waals surface area contributed by atoms with E-state index < -0.39 is 0 Å². The molecule has 0 aliphatic rings. The van der Waals surface area contributed by atoms with Crippen molar-refractivity contribution in [3.8, 4) is 11.5 Å². The molecule has 0 aliphatic carbocycles. The highest BCUT2D eigenvalue weighted by atomic mass is 32.1. The number of methoxy groups -OCH3 is 2. The topological polar surface area (TPSA) is 86.0 Å². The fourth-order valence-corrected chi connectivity index (χ4v) is 1.92. The monoisotopic (exact) mass is 278 g/mol. The van der Waals surface area contributed by atoms with E-state index in [1.807, 2.05) is 18.2 Å². The predicted molar refractivity (Wildman–Crippen MR) is 74.0 cm³/mol. The van der Waals surface area contributed by atoms with Crippen LogP contribution in [0.5, 0.6) is 11.5 Å². The molecule has 19 heavy (non-hydrogen) atoms. The van der Waals surface area contributed by atoms with Crippen LogP contribution in [0.25, 0.3) is 0 Å². The fraction of sp³-hybridized carbons (Fsp3) is 0.250. The summed E-state index contributed by atoms with van der Waals surface area (Å²) in [6, 6.07) is 5.65. The number of hydrogen-bond donors (Lipinski definition) is 2. The molecular formula is C12H14N4O2S. The van der Waals surface area contributed by atoms with Gasteiger partial charge in [0.05, 0.1) is 14.2 Å². The second-order valence-electron chi connectivity index (χ2n) is 3.83. The smallest absolute Gasteiger partial charge is 0.224 e. The van der Waals surface area contributed by atoms with Crippen LogP contribution in [0.15, 0.2) is 18.2 Å². The number of aromatic amines is 1. The van der Waals surface area contributed by atoms with Crippen molar-refractivity contribution in [3.63, 3.8) is 0 Å². The minimum Gasteiger partial charge on any atom is -0.493 e. The van der Waals surface area contributed by atoms with Gasteiger partial charge in [-0.1, -0.05) is 6.07 Å². The fourth-order valence-electron chi connectivity index (χ4n) is 1.71. The average molecular weight is 278 g/mol. The van der Waals surface area contributed by atoms with Gasteiger partial charge in [0, 0.05) is 6.42 Å². The van der Waals surface area contributed by atoms with Gasteiger partial charge in [-0.15, -0.1) is 0 Å². The highest BCUT2D eigenvalue weighted by Gasteiger charge is 2.06. The summed E-state index contributed by atoms with van der Waals surface area (Å²) in [5.41, 5.74) is 6.60. The summed E-state index contributed by atoms with van der Waals surface area (Å²) in [7, 11) is 3.19. The van der Waals surface area contributed by atoms with E-state index in [9.17, 15) is 0 Å². The van der Waals surface area contributed by atoms with Gasteiger partial charge >= 0.3 is 0 Å². The number of anilines is 1. The standard InChI is InChI=1S/C12H14N4O2S/c1-17-8-4-3-7(5-9(8)18-2)6-10-14-11(13)16-12(19)15-10/h3-5H,6H2,1-2H3,(H3,13,14,15,16,19). The summed E-state index contributed by atoms with van der Waals surface area (Å²) < 4.78 is 10.7. The van der Waals surface area contributed by atoms with Crippen molar-refractivity contribution in [3.05, 3.63) is 34.4 Å². The number of aromatic nitrogens is 3. The Morgan fingerprint density at radius 3 is 2.58 bits per heavy atom. The molecule has 2 aromatic rings. The predicted octanol–water partition coefficient (Wildman–Crippen LogP) is 1.72. The van der Waals surface area contributed by atoms with E-state index in [1.165, 1.54) is 0 Å². The Kier molecular flexibility index (Phi) is 3.96. The first kappa shape index (κ1) is 13.3. The Hall–Kier alpha value is -2.15. The molecule has 0 bridgehead atoms. The van der Waals surface area contributed by atoms with E-state index in [4.69, 9.17) is 27.4 Å². The first-order valence-electron chi connectivity index (χ1n) is 5.56. The van der Waals surface area contributed by atoms with Crippen LogP contribution < -0.4 is 15.2 Å². The van der Waals surface area contributed by atoms with Crippen molar-refractivity contribution in [2.45, 2.75) is 6.42 Å². The summed E-state index contributed by atoms with van der Waals surface area (Å²) in [5, 5.41) is 0. The van der Waals surface area contributed by atoms with Crippen LogP contribution in [0, 0.1) is 4.77 Å². The van der Waals surface area contributed by atoms with Gasteiger partial charge in [-0.25, -0.2) is 4.98 Å². The normalized spacial score (nSPS) is 10.2. The van der Waals surface area contributed by atoms with E-state index in [-0.39, 0.29) is 10.7 Å². The number of nitrogens with two attached hydrogens (primary N) is 1. The molecule has 0 fully saturated rings. The number of H-pyrrole nitrogens is 1. The van der Waals surface area contributed by atoms with Crippen LogP contribution >= 0.6 is 12.2 Å². The Morgan fingerprint density at radius 2 is 1.95 bits per heavy atom. The summed E-state index contributed by atoms with van der Waals surface area (Å²) >= 11 is 4.92. The van der Waals surface area contributed by atoms with Crippen LogP contribution in [0.3, 0.4) is 0 Å². The molecule has 100 valence electrons. The van der Waals surface area contributed by atoms with Gasteiger partial charge in [-0.2, -0.15) is 4.98 Å². The summed E-state index contributed by atoms with van der Waals surface area (Å²) in [6.07, 6.45) is 0.552. The molecule has 0 spiro atoms. The van der Waals surface area contributed by atoms with Gasteiger partial charge in [0.2, 0.25) is 10.7 Å². The molecule has 0 amide bonds. The number of ether oxygens (including phenoxy) is 2. The summed E-state index contributed by atoms with van der Waals surface area (Å²) in [5.74, 6) is 2.27. The molecule has 0 unspecified atom stereocenters. The minimum absolute atomic E-state index is 0.228. The molecule has 2 rings (SSSR count). The Bertz CT molecular complexity index is 642. The lowest BCUT2D eigenvalue weighted by Gasteiger charge is -2.09. The van der Waals surface area contributed by atoms with Crippen LogP contribution in [0.2, 0.25) is 0 Å². The largest absolute Gasteiger partial charge is 0.493 e. The van der Waals surface area contributed by atoms with Crippen molar-refractivity contribution in [2.75, 3.05) is 20.0 Å². The zero-order chi connectivity index (χ0) is 13.8. The number of nitrogen functional groups attached to an aromatic ring is 1. The van der Waals surface area contributed by atoms with Crippen molar-refractivity contribution < 1.29 is 9.47 Å². The van der Waals surface area contributed by atoms with E-state index >= 15 is 0 Å². The molecule has 1 heterocycles. The number of hydrogen-bond acceptors (Lipinski definition) is 6. The molecule has 6 nitrogen and oxygen atoms in total. The second kappa shape index (κ2) is 5.66.